The molecular formula is C18H34N4O4S. The molecule has 0 spiro atoms. The minimum absolute atomic E-state index is 0.136. The van der Waals surface area contributed by atoms with Crippen LogP contribution in [0.4, 0.5) is 5.69 Å². The van der Waals surface area contributed by atoms with Gasteiger partial charge in [0.15, 0.2) is 11.1 Å². The van der Waals surface area contributed by atoms with Crippen LogP contribution in [0.3, 0.4) is 0 Å². The highest BCUT2D eigenvalue weighted by Gasteiger charge is 2.27. The maximum absolute atomic E-state index is 13.0. The summed E-state index contributed by atoms with van der Waals surface area (Å²) in [5, 5.41) is 3.29. The van der Waals surface area contributed by atoms with Crippen LogP contribution in [0.25, 0.3) is 0 Å². The van der Waals surface area contributed by atoms with Gasteiger partial charge in [0, 0.05) is 44.2 Å². The first kappa shape index (κ1) is 23.6. The number of nitrogen functional groups attached to an aromatic ring is 1. The van der Waals surface area contributed by atoms with Crippen molar-refractivity contribution in [2.45, 2.75) is 26.2 Å². The van der Waals surface area contributed by atoms with Crippen LogP contribution in [0.15, 0.2) is 10.5 Å². The molecule has 0 saturated carbocycles. The lowest BCUT2D eigenvalue weighted by Crippen LogP contribution is -2.40. The molecule has 1 atom stereocenters. The van der Waals surface area contributed by atoms with Crippen molar-refractivity contribution in [1.29, 1.82) is 0 Å². The van der Waals surface area contributed by atoms with Crippen LogP contribution >= 0.6 is 0 Å². The molecule has 3 N–H and O–H groups in total. The number of likely N-dealkylation sites (N-methyl/N-ethyl adjacent to an activating group) is 1. The van der Waals surface area contributed by atoms with Crippen molar-refractivity contribution in [3.63, 3.8) is 0 Å². The Balaban J connectivity index is 2.82. The van der Waals surface area contributed by atoms with Crippen molar-refractivity contribution < 1.29 is 17.6 Å². The van der Waals surface area contributed by atoms with E-state index >= 15 is 0 Å². The number of hydrogen-bond acceptors (Lipinski definition) is 7. The zero-order chi connectivity index (χ0) is 20.6. The Morgan fingerprint density at radius 2 is 1.89 bits per heavy atom. The number of nitrogens with one attached hydrogen (secondary N) is 1. The predicted octanol–water partition coefficient (Wildman–Crippen LogP) is 1.06. The number of hydrogen-bond donors (Lipinski definition) is 2. The van der Waals surface area contributed by atoms with Gasteiger partial charge in [0.1, 0.15) is 5.76 Å². The van der Waals surface area contributed by atoms with E-state index in [0.717, 1.165) is 13.1 Å². The molecule has 0 radical (unpaired) electrons. The maximum Gasteiger partial charge on any atom is 0.291 e. The number of carbonyl (C=O) groups excluding carboxylic acids is 1. The second-order valence-electron chi connectivity index (χ2n) is 7.67. The normalized spacial score (nSPS) is 13.1. The fourth-order valence-corrected chi connectivity index (χ4v) is 2.85. The van der Waals surface area contributed by atoms with Gasteiger partial charge >= 0.3 is 0 Å². The second-order valence-corrected chi connectivity index (χ2v) is 9.01. The highest BCUT2D eigenvalue weighted by molar-refractivity contribution is 7.80. The predicted molar refractivity (Wildman–Crippen MR) is 109 cm³/mol. The van der Waals surface area contributed by atoms with Gasteiger partial charge in [-0.2, -0.15) is 0 Å². The van der Waals surface area contributed by atoms with Crippen LogP contribution in [0.1, 0.15) is 37.1 Å². The van der Waals surface area contributed by atoms with Gasteiger partial charge in [-0.15, -0.1) is 0 Å². The van der Waals surface area contributed by atoms with Gasteiger partial charge in [0.2, 0.25) is 5.76 Å². The van der Waals surface area contributed by atoms with E-state index in [4.69, 9.17) is 14.3 Å². The van der Waals surface area contributed by atoms with E-state index in [1.807, 2.05) is 34.9 Å². The quantitative estimate of drug-likeness (QED) is 0.534. The van der Waals surface area contributed by atoms with Crippen LogP contribution in [-0.2, 0) is 20.7 Å². The van der Waals surface area contributed by atoms with Crippen LogP contribution in [0, 0.1) is 0 Å². The monoisotopic (exact) mass is 402 g/mol. The number of rotatable bonds is 11. The molecule has 1 amide bonds. The summed E-state index contributed by atoms with van der Waals surface area (Å²) in [6.07, 6.45) is 0. The highest BCUT2D eigenvalue weighted by atomic mass is 32.2. The van der Waals surface area contributed by atoms with Crippen LogP contribution in [0.2, 0.25) is 0 Å². The average Bonchev–Trinajstić information content (AvgIpc) is 2.98. The minimum atomic E-state index is -1.43. The Bertz CT molecular complexity index is 625. The molecule has 8 nitrogen and oxygen atoms in total. The van der Waals surface area contributed by atoms with E-state index in [9.17, 15) is 9.00 Å². The van der Waals surface area contributed by atoms with Gasteiger partial charge < -0.3 is 25.3 Å². The van der Waals surface area contributed by atoms with Crippen molar-refractivity contribution in [2.75, 3.05) is 65.4 Å². The number of furan rings is 1. The first-order valence-corrected chi connectivity index (χ1v) is 10.3. The lowest BCUT2D eigenvalue weighted by Gasteiger charge is -2.22. The Kier molecular flexibility index (Phi) is 9.44. The zero-order valence-electron chi connectivity index (χ0n) is 17.3. The van der Waals surface area contributed by atoms with E-state index in [0.29, 0.717) is 31.1 Å². The Labute approximate surface area is 165 Å². The summed E-state index contributed by atoms with van der Waals surface area (Å²) in [7, 11) is 5.39. The number of nitrogens with two attached hydrogens (primary N) is 1. The first-order chi connectivity index (χ1) is 12.6. The Morgan fingerprint density at radius 1 is 1.26 bits per heavy atom. The fraction of sp³-hybridized carbons (Fsp3) is 0.722. The maximum atomic E-state index is 13.0. The zero-order valence-corrected chi connectivity index (χ0v) is 18.1. The first-order valence-electron chi connectivity index (χ1n) is 9.03. The second kappa shape index (κ2) is 10.8. The Morgan fingerprint density at radius 3 is 2.41 bits per heavy atom. The number of nitrogens with zero attached hydrogens (tertiary/aromatic N) is 2. The van der Waals surface area contributed by atoms with E-state index in [1.54, 1.807) is 11.0 Å². The number of anilines is 1. The SMILES string of the molecule is COS(=O)CCN(CCNCCN(C)C)C(=O)c1oc(C(C)(C)C)cc1N. The Hall–Kier alpha value is -1.42. The van der Waals surface area contributed by atoms with E-state index < -0.39 is 11.1 Å². The molecule has 9 heteroatoms. The van der Waals surface area contributed by atoms with Crippen molar-refractivity contribution in [3.05, 3.63) is 17.6 Å². The third-order valence-corrected chi connectivity index (χ3v) is 4.88. The van der Waals surface area contributed by atoms with Gasteiger partial charge in [-0.1, -0.05) is 20.8 Å². The molecule has 0 aromatic carbocycles. The van der Waals surface area contributed by atoms with Crippen molar-refractivity contribution in [1.82, 2.24) is 15.1 Å². The van der Waals surface area contributed by atoms with Gasteiger partial charge in [-0.25, -0.2) is 4.21 Å². The topological polar surface area (TPSA) is 101 Å². The van der Waals surface area contributed by atoms with Crippen molar-refractivity contribution >= 4 is 22.7 Å². The molecule has 1 heterocycles. The summed E-state index contributed by atoms with van der Waals surface area (Å²) in [4.78, 5) is 16.6. The van der Waals surface area contributed by atoms with E-state index in [2.05, 4.69) is 10.2 Å². The third-order valence-electron chi connectivity index (χ3n) is 3.99. The molecule has 1 unspecified atom stereocenters. The molecule has 0 fully saturated rings. The summed E-state index contributed by atoms with van der Waals surface area (Å²) >= 11 is -1.43. The molecule has 156 valence electrons. The summed E-state index contributed by atoms with van der Waals surface area (Å²) < 4.78 is 22.2. The molecule has 0 aliphatic heterocycles. The van der Waals surface area contributed by atoms with Crippen molar-refractivity contribution in [2.24, 2.45) is 0 Å². The molecule has 0 aliphatic rings. The standard InChI is InChI=1S/C18H34N4O4S/c1-18(2,3)15-13-14(19)16(26-15)17(23)22(11-12-27(24)25-6)10-8-20-7-9-21(4)5/h13,20H,7-12,19H2,1-6H3. The summed E-state index contributed by atoms with van der Waals surface area (Å²) in [6, 6.07) is 1.70. The molecule has 0 aliphatic carbocycles. The summed E-state index contributed by atoms with van der Waals surface area (Å²) in [5.74, 6) is 0.724. The smallest absolute Gasteiger partial charge is 0.291 e. The van der Waals surface area contributed by atoms with Crippen LogP contribution in [0.5, 0.6) is 0 Å². The van der Waals surface area contributed by atoms with E-state index in [-0.39, 0.29) is 22.8 Å². The number of amides is 1. The van der Waals surface area contributed by atoms with Crippen LogP contribution in [-0.4, -0.2) is 79.6 Å². The molecule has 1 rings (SSSR count). The molecule has 1 aromatic rings. The molecule has 0 saturated heterocycles. The van der Waals surface area contributed by atoms with Gasteiger partial charge in [0.25, 0.3) is 5.91 Å². The fourth-order valence-electron chi connectivity index (χ4n) is 2.31. The lowest BCUT2D eigenvalue weighted by molar-refractivity contribution is 0.0732. The summed E-state index contributed by atoms with van der Waals surface area (Å²) in [5.41, 5.74) is 6.10. The lowest BCUT2D eigenvalue weighted by atomic mass is 9.93. The van der Waals surface area contributed by atoms with Crippen LogP contribution < -0.4 is 11.1 Å². The average molecular weight is 403 g/mol. The van der Waals surface area contributed by atoms with Gasteiger partial charge in [-0.3, -0.25) is 8.98 Å². The molecular weight excluding hydrogens is 368 g/mol. The van der Waals surface area contributed by atoms with Crippen molar-refractivity contribution in [3.8, 4) is 0 Å². The number of carbonyl (C=O) groups is 1. The molecule has 0 bridgehead atoms. The van der Waals surface area contributed by atoms with Gasteiger partial charge in [-0.05, 0) is 14.1 Å². The van der Waals surface area contributed by atoms with Gasteiger partial charge in [0.05, 0.1) is 18.6 Å². The minimum Gasteiger partial charge on any atom is -0.453 e. The molecule has 1 aromatic heterocycles. The summed E-state index contributed by atoms with van der Waals surface area (Å²) in [6.45, 7) is 9.07. The van der Waals surface area contributed by atoms with E-state index in [1.165, 1.54) is 7.11 Å². The highest BCUT2D eigenvalue weighted by Crippen LogP contribution is 2.29. The molecule has 27 heavy (non-hydrogen) atoms. The largest absolute Gasteiger partial charge is 0.453 e. The third kappa shape index (κ3) is 8.00.